The van der Waals surface area contributed by atoms with Gasteiger partial charge in [0.15, 0.2) is 12.4 Å². The third kappa shape index (κ3) is 4.40. The van der Waals surface area contributed by atoms with Gasteiger partial charge < -0.3 is 14.4 Å². The van der Waals surface area contributed by atoms with Gasteiger partial charge in [-0.25, -0.2) is 4.79 Å². The van der Waals surface area contributed by atoms with Crippen LogP contribution >= 0.6 is 0 Å². The summed E-state index contributed by atoms with van der Waals surface area (Å²) in [5.41, 5.74) is 0.462. The normalized spacial score (nSPS) is 13.3. The number of esters is 1. The lowest BCUT2D eigenvalue weighted by molar-refractivity contribution is -0.384. The highest BCUT2D eigenvalue weighted by Gasteiger charge is 2.23. The molecule has 1 aliphatic rings. The Labute approximate surface area is 166 Å². The van der Waals surface area contributed by atoms with Crippen molar-refractivity contribution in [1.82, 2.24) is 0 Å². The first kappa shape index (κ1) is 20.0. The molecule has 9 nitrogen and oxygen atoms in total. The number of carbonyl (C=O) groups is 3. The van der Waals surface area contributed by atoms with Crippen LogP contribution in [-0.2, 0) is 9.53 Å². The van der Waals surface area contributed by atoms with Gasteiger partial charge in [0, 0.05) is 36.3 Å². The van der Waals surface area contributed by atoms with Gasteiger partial charge in [-0.2, -0.15) is 0 Å². The predicted molar refractivity (Wildman–Crippen MR) is 102 cm³/mol. The number of nitrogens with zero attached hydrogens (tertiary/aromatic N) is 2. The summed E-state index contributed by atoms with van der Waals surface area (Å²) < 4.78 is 10.1. The Morgan fingerprint density at radius 1 is 1.21 bits per heavy atom. The molecule has 0 aliphatic carbocycles. The minimum absolute atomic E-state index is 0.00112. The number of hydrogen-bond acceptors (Lipinski definition) is 7. The minimum atomic E-state index is -0.912. The molecule has 0 atom stereocenters. The predicted octanol–water partition coefficient (Wildman–Crippen LogP) is 2.77. The molecule has 0 N–H and O–H groups in total. The molecule has 9 heteroatoms. The Bertz CT molecular complexity index is 987. The van der Waals surface area contributed by atoms with E-state index in [1.165, 1.54) is 19.2 Å². The number of nitro groups is 1. The zero-order valence-corrected chi connectivity index (χ0v) is 15.6. The number of benzene rings is 2. The average molecular weight is 398 g/mol. The Hall–Kier alpha value is -3.75. The molecule has 1 heterocycles. The molecule has 0 unspecified atom stereocenters. The van der Waals surface area contributed by atoms with Crippen LogP contribution < -0.4 is 9.64 Å². The van der Waals surface area contributed by atoms with E-state index >= 15 is 0 Å². The molecule has 1 fully saturated rings. The number of anilines is 1. The van der Waals surface area contributed by atoms with Gasteiger partial charge in [-0.3, -0.25) is 19.7 Å². The van der Waals surface area contributed by atoms with Crippen LogP contribution in [-0.4, -0.2) is 42.8 Å². The van der Waals surface area contributed by atoms with Gasteiger partial charge in [0.1, 0.15) is 11.3 Å². The second-order valence-electron chi connectivity index (χ2n) is 6.34. The van der Waals surface area contributed by atoms with Crippen LogP contribution in [0, 0.1) is 10.1 Å². The van der Waals surface area contributed by atoms with Crippen LogP contribution in [0.15, 0.2) is 42.5 Å². The molecule has 29 heavy (non-hydrogen) atoms. The first-order valence-electron chi connectivity index (χ1n) is 8.84. The van der Waals surface area contributed by atoms with Crippen molar-refractivity contribution in [2.24, 2.45) is 0 Å². The molecule has 0 saturated carbocycles. The fourth-order valence-electron chi connectivity index (χ4n) is 3.03. The Balaban J connectivity index is 1.71. The molecule has 150 valence electrons. The highest BCUT2D eigenvalue weighted by Crippen LogP contribution is 2.25. The van der Waals surface area contributed by atoms with E-state index in [1.54, 1.807) is 29.2 Å². The van der Waals surface area contributed by atoms with Gasteiger partial charge in [-0.05, 0) is 24.6 Å². The number of ketones is 1. The van der Waals surface area contributed by atoms with Crippen molar-refractivity contribution in [3.8, 4) is 5.75 Å². The summed E-state index contributed by atoms with van der Waals surface area (Å²) in [6.07, 6.45) is 1.24. The third-order valence-electron chi connectivity index (χ3n) is 4.50. The number of non-ortho nitro benzene ring substituents is 1. The van der Waals surface area contributed by atoms with Crippen LogP contribution in [0.3, 0.4) is 0 Å². The minimum Gasteiger partial charge on any atom is -0.496 e. The molecule has 0 aromatic heterocycles. The largest absolute Gasteiger partial charge is 0.496 e. The van der Waals surface area contributed by atoms with Gasteiger partial charge in [0.05, 0.1) is 12.0 Å². The topological polar surface area (TPSA) is 116 Å². The fraction of sp³-hybridized carbons (Fsp3) is 0.250. The molecular formula is C20H18N2O7. The summed E-state index contributed by atoms with van der Waals surface area (Å²) in [7, 11) is 1.31. The van der Waals surface area contributed by atoms with E-state index in [0.29, 0.717) is 24.2 Å². The van der Waals surface area contributed by atoms with Gasteiger partial charge in [-0.15, -0.1) is 0 Å². The molecular weight excluding hydrogens is 380 g/mol. The fourth-order valence-corrected chi connectivity index (χ4v) is 3.03. The van der Waals surface area contributed by atoms with Crippen molar-refractivity contribution in [3.63, 3.8) is 0 Å². The zero-order valence-electron chi connectivity index (χ0n) is 15.6. The number of Topliss-reactive ketones (excluding diaryl/α,β-unsaturated/α-hetero) is 1. The zero-order chi connectivity index (χ0) is 21.0. The van der Waals surface area contributed by atoms with Crippen molar-refractivity contribution in [1.29, 1.82) is 0 Å². The van der Waals surface area contributed by atoms with E-state index in [0.717, 1.165) is 12.5 Å². The van der Waals surface area contributed by atoms with Crippen LogP contribution in [0.1, 0.15) is 33.6 Å². The molecule has 1 saturated heterocycles. The molecule has 2 aromatic carbocycles. The van der Waals surface area contributed by atoms with Crippen molar-refractivity contribution >= 4 is 29.0 Å². The molecule has 0 radical (unpaired) electrons. The number of hydrogen-bond donors (Lipinski definition) is 0. The quantitative estimate of drug-likeness (QED) is 0.305. The Kier molecular flexibility index (Phi) is 5.87. The second kappa shape index (κ2) is 8.51. The van der Waals surface area contributed by atoms with Gasteiger partial charge in [0.25, 0.3) is 5.69 Å². The maximum absolute atomic E-state index is 12.4. The van der Waals surface area contributed by atoms with E-state index < -0.39 is 23.3 Å². The number of methoxy groups -OCH3 is 1. The summed E-state index contributed by atoms with van der Waals surface area (Å²) in [5.74, 6) is -1.28. The molecule has 0 bridgehead atoms. The van der Waals surface area contributed by atoms with E-state index in [2.05, 4.69) is 0 Å². The van der Waals surface area contributed by atoms with Crippen molar-refractivity contribution in [2.45, 2.75) is 12.8 Å². The van der Waals surface area contributed by atoms with Crippen LogP contribution in [0.2, 0.25) is 0 Å². The Morgan fingerprint density at radius 3 is 2.66 bits per heavy atom. The number of nitro benzene ring substituents is 1. The summed E-state index contributed by atoms with van der Waals surface area (Å²) >= 11 is 0. The van der Waals surface area contributed by atoms with Crippen molar-refractivity contribution < 1.29 is 28.8 Å². The molecule has 0 spiro atoms. The number of ether oxygens (including phenoxy) is 2. The molecule has 2 aromatic rings. The van der Waals surface area contributed by atoms with Crippen LogP contribution in [0.4, 0.5) is 11.4 Å². The third-order valence-corrected chi connectivity index (χ3v) is 4.50. The first-order valence-corrected chi connectivity index (χ1v) is 8.84. The summed E-state index contributed by atoms with van der Waals surface area (Å²) in [6, 6.07) is 10.0. The van der Waals surface area contributed by atoms with Crippen molar-refractivity contribution in [3.05, 3.63) is 63.7 Å². The molecule has 3 rings (SSSR count). The van der Waals surface area contributed by atoms with Gasteiger partial charge in [-0.1, -0.05) is 12.1 Å². The SMILES string of the molecule is COc1ccc([N+](=O)[O-])cc1C(=O)OCC(=O)c1cccc(N2CCCC2=O)c1. The molecule has 1 amide bonds. The standard InChI is InChI=1S/C20H18N2O7/c1-28-18-8-7-15(22(26)27)11-16(18)20(25)29-12-17(23)13-4-2-5-14(10-13)21-9-3-6-19(21)24/h2,4-5,7-8,10-11H,3,6,9,12H2,1H3. The lowest BCUT2D eigenvalue weighted by atomic mass is 10.1. The smallest absolute Gasteiger partial charge is 0.342 e. The number of rotatable bonds is 7. The summed E-state index contributed by atoms with van der Waals surface area (Å²) in [5, 5.41) is 10.9. The van der Waals surface area contributed by atoms with E-state index in [1.807, 2.05) is 0 Å². The number of carbonyl (C=O) groups excluding carboxylic acids is 3. The van der Waals surface area contributed by atoms with E-state index in [4.69, 9.17) is 9.47 Å². The summed E-state index contributed by atoms with van der Waals surface area (Å²) in [6.45, 7) is 0.0418. The summed E-state index contributed by atoms with van der Waals surface area (Å²) in [4.78, 5) is 48.5. The second-order valence-corrected chi connectivity index (χ2v) is 6.34. The highest BCUT2D eigenvalue weighted by molar-refractivity contribution is 6.02. The van der Waals surface area contributed by atoms with Crippen molar-refractivity contribution in [2.75, 3.05) is 25.2 Å². The first-order chi connectivity index (χ1) is 13.9. The van der Waals surface area contributed by atoms with Gasteiger partial charge in [0.2, 0.25) is 5.91 Å². The van der Waals surface area contributed by atoms with Gasteiger partial charge >= 0.3 is 5.97 Å². The average Bonchev–Trinajstić information content (AvgIpc) is 3.17. The lowest BCUT2D eigenvalue weighted by Gasteiger charge is -2.16. The van der Waals surface area contributed by atoms with Crippen LogP contribution in [0.5, 0.6) is 5.75 Å². The van der Waals surface area contributed by atoms with E-state index in [9.17, 15) is 24.5 Å². The molecule has 1 aliphatic heterocycles. The monoisotopic (exact) mass is 398 g/mol. The number of amides is 1. The highest BCUT2D eigenvalue weighted by atomic mass is 16.6. The van der Waals surface area contributed by atoms with E-state index in [-0.39, 0.29) is 22.9 Å². The maximum Gasteiger partial charge on any atom is 0.342 e. The maximum atomic E-state index is 12.4. The van der Waals surface area contributed by atoms with Crippen LogP contribution in [0.25, 0.3) is 0 Å². The lowest BCUT2D eigenvalue weighted by Crippen LogP contribution is -2.24. The Morgan fingerprint density at radius 2 is 2.00 bits per heavy atom.